The number of nitrogens with zero attached hydrogens (tertiary/aromatic N) is 5. The third-order valence-corrected chi connectivity index (χ3v) is 7.97. The molecular weight excluding hydrogens is 526 g/mol. The molecule has 204 valence electrons. The van der Waals surface area contributed by atoms with Crippen molar-refractivity contribution in [2.75, 3.05) is 44.4 Å². The fraction of sp³-hybridized carbons (Fsp3) is 0.267. The summed E-state index contributed by atoms with van der Waals surface area (Å²) in [5.74, 6) is 1.89. The minimum Gasteiger partial charge on any atom is -0.454 e. The van der Waals surface area contributed by atoms with E-state index in [1.54, 1.807) is 11.0 Å². The van der Waals surface area contributed by atoms with Crippen molar-refractivity contribution in [1.82, 2.24) is 20.0 Å². The molecule has 0 radical (unpaired) electrons. The first-order chi connectivity index (χ1) is 19.5. The van der Waals surface area contributed by atoms with Gasteiger partial charge in [-0.2, -0.15) is 0 Å². The number of benzene rings is 2. The van der Waals surface area contributed by atoms with E-state index in [4.69, 9.17) is 9.47 Å². The number of piperazine rings is 1. The van der Waals surface area contributed by atoms with Gasteiger partial charge in [0.25, 0.3) is 5.91 Å². The average Bonchev–Trinajstić information content (AvgIpc) is 3.70. The molecule has 2 aromatic carbocycles. The molecule has 0 atom stereocenters. The van der Waals surface area contributed by atoms with Crippen molar-refractivity contribution in [2.45, 2.75) is 13.5 Å². The predicted molar refractivity (Wildman–Crippen MR) is 153 cm³/mol. The summed E-state index contributed by atoms with van der Waals surface area (Å²) in [4.78, 5) is 32.9. The van der Waals surface area contributed by atoms with Crippen LogP contribution in [0.4, 0.5) is 5.82 Å². The van der Waals surface area contributed by atoms with Crippen molar-refractivity contribution >= 4 is 29.0 Å². The van der Waals surface area contributed by atoms with Gasteiger partial charge in [0, 0.05) is 38.3 Å². The molecule has 40 heavy (non-hydrogen) atoms. The Labute approximate surface area is 236 Å². The molecule has 4 heterocycles. The molecule has 9 nitrogen and oxygen atoms in total. The van der Waals surface area contributed by atoms with E-state index in [0.717, 1.165) is 22.6 Å². The highest BCUT2D eigenvalue weighted by atomic mass is 32.1. The van der Waals surface area contributed by atoms with E-state index in [0.29, 0.717) is 49.1 Å². The number of thiophene rings is 1. The highest BCUT2D eigenvalue weighted by Gasteiger charge is 2.27. The molecule has 0 N–H and O–H groups in total. The van der Waals surface area contributed by atoms with Gasteiger partial charge in [-0.15, -0.1) is 21.5 Å². The Morgan fingerprint density at radius 2 is 1.73 bits per heavy atom. The van der Waals surface area contributed by atoms with Crippen LogP contribution >= 0.6 is 11.3 Å². The minimum atomic E-state index is -0.163. The minimum absolute atomic E-state index is 0.00374. The van der Waals surface area contributed by atoms with Crippen molar-refractivity contribution in [3.63, 3.8) is 0 Å². The number of carbonyl (C=O) groups is 2. The van der Waals surface area contributed by atoms with Crippen molar-refractivity contribution in [2.24, 2.45) is 0 Å². The molecule has 2 aliphatic heterocycles. The number of ether oxygens (including phenoxy) is 2. The molecule has 0 spiro atoms. The molecule has 0 saturated carbocycles. The summed E-state index contributed by atoms with van der Waals surface area (Å²) in [5.41, 5.74) is 3.94. The predicted octanol–water partition coefficient (Wildman–Crippen LogP) is 4.23. The molecule has 2 amide bonds. The zero-order chi connectivity index (χ0) is 27.5. The number of rotatable bonds is 7. The molecular formula is C30H29N5O4S. The van der Waals surface area contributed by atoms with Gasteiger partial charge < -0.3 is 24.2 Å². The first kappa shape index (κ1) is 25.8. The van der Waals surface area contributed by atoms with Crippen LogP contribution in [0, 0.1) is 6.92 Å². The topological polar surface area (TPSA) is 88.1 Å². The highest BCUT2D eigenvalue weighted by molar-refractivity contribution is 7.12. The summed E-state index contributed by atoms with van der Waals surface area (Å²) in [6, 6.07) is 21.4. The second kappa shape index (κ2) is 11.4. The molecule has 2 aromatic heterocycles. The van der Waals surface area contributed by atoms with Gasteiger partial charge >= 0.3 is 0 Å². The standard InChI is InChI=1S/C30H29N5O4S/c1-21-4-7-23(8-5-21)24-9-11-28(32-31-24)33-12-14-34(15-13-33)29(36)19-35(30(37)27-3-2-16-40-27)18-22-6-10-25-26(17-22)39-20-38-25/h2-11,16-17H,12-15,18-20H2,1H3. The fourth-order valence-corrected chi connectivity index (χ4v) is 5.53. The van der Waals surface area contributed by atoms with Crippen molar-refractivity contribution in [1.29, 1.82) is 0 Å². The van der Waals surface area contributed by atoms with Crippen LogP contribution in [0.5, 0.6) is 11.5 Å². The average molecular weight is 556 g/mol. The molecule has 0 aliphatic carbocycles. The summed E-state index contributed by atoms with van der Waals surface area (Å²) in [7, 11) is 0. The first-order valence-electron chi connectivity index (χ1n) is 13.2. The Bertz CT molecular complexity index is 1480. The maximum atomic E-state index is 13.4. The van der Waals surface area contributed by atoms with Crippen LogP contribution in [0.1, 0.15) is 20.8 Å². The molecule has 10 heteroatoms. The van der Waals surface area contributed by atoms with Gasteiger partial charge in [0.1, 0.15) is 6.54 Å². The lowest BCUT2D eigenvalue weighted by Gasteiger charge is -2.36. The summed E-state index contributed by atoms with van der Waals surface area (Å²) < 4.78 is 10.9. The molecule has 4 aromatic rings. The highest BCUT2D eigenvalue weighted by Crippen LogP contribution is 2.33. The first-order valence-corrected chi connectivity index (χ1v) is 14.1. The zero-order valence-electron chi connectivity index (χ0n) is 22.2. The van der Waals surface area contributed by atoms with E-state index < -0.39 is 0 Å². The Hall–Kier alpha value is -4.44. The molecule has 6 rings (SSSR count). The Morgan fingerprint density at radius 1 is 0.925 bits per heavy atom. The van der Waals surface area contributed by atoms with E-state index >= 15 is 0 Å². The maximum Gasteiger partial charge on any atom is 0.264 e. The lowest BCUT2D eigenvalue weighted by Crippen LogP contribution is -2.52. The fourth-order valence-electron chi connectivity index (χ4n) is 4.84. The van der Waals surface area contributed by atoms with Crippen LogP contribution in [0.15, 0.2) is 72.1 Å². The van der Waals surface area contributed by atoms with Gasteiger partial charge in [0.2, 0.25) is 12.7 Å². The van der Waals surface area contributed by atoms with Crippen molar-refractivity contribution in [3.05, 3.63) is 88.1 Å². The zero-order valence-corrected chi connectivity index (χ0v) is 23.0. The maximum absolute atomic E-state index is 13.4. The summed E-state index contributed by atoms with van der Waals surface area (Å²) >= 11 is 1.37. The van der Waals surface area contributed by atoms with Crippen molar-refractivity contribution in [3.8, 4) is 22.8 Å². The monoisotopic (exact) mass is 555 g/mol. The number of anilines is 1. The van der Waals surface area contributed by atoms with Crippen LogP contribution in [0.25, 0.3) is 11.3 Å². The third-order valence-electron chi connectivity index (χ3n) is 7.11. The second-order valence-electron chi connectivity index (χ2n) is 9.84. The summed E-state index contributed by atoms with van der Waals surface area (Å²) in [5, 5.41) is 10.7. The second-order valence-corrected chi connectivity index (χ2v) is 10.8. The van der Waals surface area contributed by atoms with Gasteiger partial charge in [-0.3, -0.25) is 9.59 Å². The van der Waals surface area contributed by atoms with E-state index in [9.17, 15) is 9.59 Å². The van der Waals surface area contributed by atoms with Gasteiger partial charge in [0.15, 0.2) is 17.3 Å². The number of hydrogen-bond acceptors (Lipinski definition) is 8. The smallest absolute Gasteiger partial charge is 0.264 e. The van der Waals surface area contributed by atoms with Gasteiger partial charge in [0.05, 0.1) is 10.6 Å². The number of amides is 2. The normalized spacial score (nSPS) is 14.3. The quantitative estimate of drug-likeness (QED) is 0.337. The third kappa shape index (κ3) is 5.62. The summed E-state index contributed by atoms with van der Waals surface area (Å²) in [6.45, 7) is 4.91. The van der Waals surface area contributed by atoms with E-state index in [-0.39, 0.29) is 25.2 Å². The van der Waals surface area contributed by atoms with E-state index in [1.807, 2.05) is 58.8 Å². The lowest BCUT2D eigenvalue weighted by molar-refractivity contribution is -0.132. The van der Waals surface area contributed by atoms with Crippen LogP contribution in [-0.4, -0.2) is 71.3 Å². The number of aromatic nitrogens is 2. The number of hydrogen-bond donors (Lipinski definition) is 0. The summed E-state index contributed by atoms with van der Waals surface area (Å²) in [6.07, 6.45) is 0. The largest absolute Gasteiger partial charge is 0.454 e. The van der Waals surface area contributed by atoms with Crippen molar-refractivity contribution < 1.29 is 19.1 Å². The number of aryl methyl sites for hydroxylation is 1. The van der Waals surface area contributed by atoms with E-state index in [2.05, 4.69) is 34.2 Å². The molecule has 1 saturated heterocycles. The van der Waals surface area contributed by atoms with Crippen LogP contribution < -0.4 is 14.4 Å². The molecule has 1 fully saturated rings. The number of carbonyl (C=O) groups excluding carboxylic acids is 2. The Morgan fingerprint density at radius 3 is 2.45 bits per heavy atom. The van der Waals surface area contributed by atoms with Gasteiger partial charge in [-0.25, -0.2) is 0 Å². The SMILES string of the molecule is Cc1ccc(-c2ccc(N3CCN(C(=O)CN(Cc4ccc5c(c4)OCO5)C(=O)c4cccs4)CC3)nn2)cc1. The van der Waals surface area contributed by atoms with E-state index in [1.165, 1.54) is 16.9 Å². The number of fused-ring (bicyclic) bond motifs is 1. The van der Waals surface area contributed by atoms with Crippen LogP contribution in [0.3, 0.4) is 0 Å². The van der Waals surface area contributed by atoms with Gasteiger partial charge in [-0.05, 0) is 48.2 Å². The molecule has 0 unspecified atom stereocenters. The molecule has 2 aliphatic rings. The lowest BCUT2D eigenvalue weighted by atomic mass is 10.1. The Kier molecular flexibility index (Phi) is 7.33. The van der Waals surface area contributed by atoms with Gasteiger partial charge in [-0.1, -0.05) is 42.0 Å². The molecule has 0 bridgehead atoms. The van der Waals surface area contributed by atoms with Crippen LogP contribution in [0.2, 0.25) is 0 Å². The van der Waals surface area contributed by atoms with Crippen LogP contribution in [-0.2, 0) is 11.3 Å². The Balaban J connectivity index is 1.09.